The fourth-order valence-electron chi connectivity index (χ4n) is 4.10. The van der Waals surface area contributed by atoms with Crippen molar-refractivity contribution in [3.8, 4) is 0 Å². The summed E-state index contributed by atoms with van der Waals surface area (Å²) in [4.78, 5) is 5.00. The first-order valence-electron chi connectivity index (χ1n) is 7.50. The fraction of sp³-hybridized carbons (Fsp3) is 0.562. The van der Waals surface area contributed by atoms with Gasteiger partial charge in [-0.25, -0.2) is 0 Å². The summed E-state index contributed by atoms with van der Waals surface area (Å²) in [5, 5.41) is 8.43. The number of piperidine rings is 1. The van der Waals surface area contributed by atoms with Crippen molar-refractivity contribution in [3.63, 3.8) is 0 Å². The molecule has 2 unspecified atom stereocenters. The Bertz CT molecular complexity index is 510. The molecule has 2 saturated heterocycles. The number of nitrogens with one attached hydrogen (secondary N) is 1. The lowest BCUT2D eigenvalue weighted by molar-refractivity contribution is 0.126. The van der Waals surface area contributed by atoms with E-state index in [-0.39, 0.29) is 0 Å². The molecule has 2 atom stereocenters. The highest BCUT2D eigenvalue weighted by Gasteiger charge is 2.37. The van der Waals surface area contributed by atoms with Crippen LogP contribution in [-0.2, 0) is 6.54 Å². The van der Waals surface area contributed by atoms with Gasteiger partial charge in [0.1, 0.15) is 5.84 Å². The first kappa shape index (κ1) is 11.5. The minimum atomic E-state index is 0.583. The molecule has 3 heteroatoms. The minimum Gasteiger partial charge on any atom is -0.349 e. The summed E-state index contributed by atoms with van der Waals surface area (Å²) in [6.07, 6.45) is 5.23. The van der Waals surface area contributed by atoms with E-state index in [4.69, 9.17) is 5.41 Å². The highest BCUT2D eigenvalue weighted by molar-refractivity contribution is 6.00. The van der Waals surface area contributed by atoms with Gasteiger partial charge in [-0.2, -0.15) is 0 Å². The molecule has 3 heterocycles. The molecule has 1 aromatic rings. The number of fused-ring (bicyclic) bond motifs is 2. The van der Waals surface area contributed by atoms with Gasteiger partial charge in [-0.3, -0.25) is 5.41 Å². The third kappa shape index (κ3) is 1.79. The van der Waals surface area contributed by atoms with E-state index in [2.05, 4.69) is 34.1 Å². The molecule has 3 aliphatic heterocycles. The van der Waals surface area contributed by atoms with E-state index in [0.29, 0.717) is 6.04 Å². The van der Waals surface area contributed by atoms with Crippen LogP contribution >= 0.6 is 0 Å². The van der Waals surface area contributed by atoms with Crippen LogP contribution in [0.25, 0.3) is 0 Å². The molecule has 0 aliphatic carbocycles. The average Bonchev–Trinajstić information content (AvgIpc) is 3.03. The van der Waals surface area contributed by atoms with Crippen molar-refractivity contribution < 1.29 is 0 Å². The maximum atomic E-state index is 8.43. The zero-order valence-electron chi connectivity index (χ0n) is 11.3. The molecule has 0 spiro atoms. The standard InChI is InChI=1S/C16H21N3/c17-16-15-6-2-1-4-12(15)11-19(16)14-7-9-18-8-3-5-13(18)10-14/h1-2,4,6,13-14,17H,3,5,7-11H2. The zero-order chi connectivity index (χ0) is 12.8. The Hall–Kier alpha value is -1.35. The Morgan fingerprint density at radius 3 is 2.84 bits per heavy atom. The van der Waals surface area contributed by atoms with Crippen molar-refractivity contribution in [2.45, 2.75) is 44.3 Å². The summed E-state index contributed by atoms with van der Waals surface area (Å²) in [6, 6.07) is 9.79. The predicted molar refractivity (Wildman–Crippen MR) is 76.4 cm³/mol. The van der Waals surface area contributed by atoms with Gasteiger partial charge in [0, 0.05) is 30.7 Å². The van der Waals surface area contributed by atoms with Gasteiger partial charge in [-0.05, 0) is 37.8 Å². The van der Waals surface area contributed by atoms with Crippen LogP contribution in [0.2, 0.25) is 0 Å². The highest BCUT2D eigenvalue weighted by Crippen LogP contribution is 2.33. The summed E-state index contributed by atoms with van der Waals surface area (Å²) in [6.45, 7) is 3.48. The van der Waals surface area contributed by atoms with E-state index in [9.17, 15) is 0 Å². The lowest BCUT2D eigenvalue weighted by Gasteiger charge is -2.39. The molecule has 3 aliphatic rings. The second-order valence-electron chi connectivity index (χ2n) is 6.14. The van der Waals surface area contributed by atoms with E-state index in [1.165, 1.54) is 44.3 Å². The Morgan fingerprint density at radius 2 is 1.95 bits per heavy atom. The second-order valence-corrected chi connectivity index (χ2v) is 6.14. The number of hydrogen-bond donors (Lipinski definition) is 1. The van der Waals surface area contributed by atoms with Gasteiger partial charge in [-0.1, -0.05) is 24.3 Å². The summed E-state index contributed by atoms with van der Waals surface area (Å²) in [5.41, 5.74) is 2.48. The smallest absolute Gasteiger partial charge is 0.128 e. The normalized spacial score (nSPS) is 30.5. The van der Waals surface area contributed by atoms with Gasteiger partial charge in [0.25, 0.3) is 0 Å². The van der Waals surface area contributed by atoms with Gasteiger partial charge in [0.15, 0.2) is 0 Å². The molecule has 3 nitrogen and oxygen atoms in total. The molecular formula is C16H21N3. The Labute approximate surface area is 114 Å². The fourth-order valence-corrected chi connectivity index (χ4v) is 4.10. The lowest BCUT2D eigenvalue weighted by Crippen LogP contribution is -2.47. The van der Waals surface area contributed by atoms with E-state index >= 15 is 0 Å². The van der Waals surface area contributed by atoms with Crippen LogP contribution in [0, 0.1) is 5.41 Å². The van der Waals surface area contributed by atoms with Crippen molar-refractivity contribution in [2.24, 2.45) is 0 Å². The molecule has 0 amide bonds. The van der Waals surface area contributed by atoms with Crippen molar-refractivity contribution in [1.29, 1.82) is 5.41 Å². The summed E-state index contributed by atoms with van der Waals surface area (Å²) >= 11 is 0. The molecular weight excluding hydrogens is 234 g/mol. The molecule has 100 valence electrons. The van der Waals surface area contributed by atoms with Crippen LogP contribution in [0.15, 0.2) is 24.3 Å². The molecule has 0 aromatic heterocycles. The van der Waals surface area contributed by atoms with Crippen molar-refractivity contribution >= 4 is 5.84 Å². The number of hydrogen-bond acceptors (Lipinski definition) is 2. The monoisotopic (exact) mass is 255 g/mol. The molecule has 0 bridgehead atoms. The molecule has 4 rings (SSSR count). The van der Waals surface area contributed by atoms with Gasteiger partial charge < -0.3 is 9.80 Å². The first-order chi connectivity index (χ1) is 9.33. The largest absolute Gasteiger partial charge is 0.349 e. The number of amidine groups is 1. The Balaban J connectivity index is 1.54. The molecule has 19 heavy (non-hydrogen) atoms. The highest BCUT2D eigenvalue weighted by atomic mass is 15.3. The Morgan fingerprint density at radius 1 is 1.05 bits per heavy atom. The van der Waals surface area contributed by atoms with Crippen LogP contribution in [0.5, 0.6) is 0 Å². The third-order valence-corrected chi connectivity index (χ3v) is 5.13. The topological polar surface area (TPSA) is 30.3 Å². The molecule has 2 fully saturated rings. The SMILES string of the molecule is N=C1c2ccccc2CN1C1CCN2CCCC2C1. The number of rotatable bonds is 1. The summed E-state index contributed by atoms with van der Waals surface area (Å²) in [5.74, 6) is 0.757. The van der Waals surface area contributed by atoms with Gasteiger partial charge >= 0.3 is 0 Å². The molecule has 0 saturated carbocycles. The van der Waals surface area contributed by atoms with E-state index in [1.807, 2.05) is 0 Å². The molecule has 1 N–H and O–H groups in total. The first-order valence-corrected chi connectivity index (χ1v) is 7.50. The third-order valence-electron chi connectivity index (χ3n) is 5.13. The number of benzene rings is 1. The summed E-state index contributed by atoms with van der Waals surface area (Å²) in [7, 11) is 0. The second kappa shape index (κ2) is 4.34. The average molecular weight is 255 g/mol. The summed E-state index contributed by atoms with van der Waals surface area (Å²) < 4.78 is 0. The van der Waals surface area contributed by atoms with E-state index < -0.39 is 0 Å². The van der Waals surface area contributed by atoms with Crippen LogP contribution in [0.1, 0.15) is 36.8 Å². The van der Waals surface area contributed by atoms with Crippen LogP contribution in [-0.4, -0.2) is 40.8 Å². The quantitative estimate of drug-likeness (QED) is 0.835. The van der Waals surface area contributed by atoms with E-state index in [1.54, 1.807) is 0 Å². The van der Waals surface area contributed by atoms with Gasteiger partial charge in [0.2, 0.25) is 0 Å². The van der Waals surface area contributed by atoms with Crippen molar-refractivity contribution in [1.82, 2.24) is 9.80 Å². The Kier molecular flexibility index (Phi) is 2.62. The number of nitrogens with zero attached hydrogens (tertiary/aromatic N) is 2. The van der Waals surface area contributed by atoms with Crippen molar-refractivity contribution in [2.75, 3.05) is 13.1 Å². The van der Waals surface area contributed by atoms with Crippen LogP contribution in [0.3, 0.4) is 0 Å². The van der Waals surface area contributed by atoms with Crippen LogP contribution in [0.4, 0.5) is 0 Å². The maximum absolute atomic E-state index is 8.43. The maximum Gasteiger partial charge on any atom is 0.128 e. The molecule has 1 aromatic carbocycles. The van der Waals surface area contributed by atoms with Crippen LogP contribution < -0.4 is 0 Å². The molecule has 0 radical (unpaired) electrons. The minimum absolute atomic E-state index is 0.583. The van der Waals surface area contributed by atoms with Gasteiger partial charge in [-0.15, -0.1) is 0 Å². The zero-order valence-corrected chi connectivity index (χ0v) is 11.3. The van der Waals surface area contributed by atoms with Gasteiger partial charge in [0.05, 0.1) is 0 Å². The lowest BCUT2D eigenvalue weighted by atomic mass is 9.96. The van der Waals surface area contributed by atoms with E-state index in [0.717, 1.165) is 24.0 Å². The van der Waals surface area contributed by atoms with Crippen molar-refractivity contribution in [3.05, 3.63) is 35.4 Å². The predicted octanol–water partition coefficient (Wildman–Crippen LogP) is 2.45.